The van der Waals surface area contributed by atoms with Gasteiger partial charge in [-0.1, -0.05) is 0 Å². The fourth-order valence-electron chi connectivity index (χ4n) is 6.27. The van der Waals surface area contributed by atoms with Gasteiger partial charge in [-0.3, -0.25) is 0 Å². The molecule has 5 aliphatic rings. The van der Waals surface area contributed by atoms with Crippen LogP contribution < -0.4 is 0 Å². The number of methoxy groups -OCH3 is 1. The van der Waals surface area contributed by atoms with E-state index in [1.54, 1.807) is 0 Å². The molecule has 5 fully saturated rings. The molecule has 21 heteroatoms. The molecule has 0 saturated carbocycles. The van der Waals surface area contributed by atoms with E-state index in [0.717, 1.165) is 0 Å². The molecule has 5 saturated heterocycles. The van der Waals surface area contributed by atoms with Crippen LogP contribution in [0.25, 0.3) is 0 Å². The second-order valence-corrected chi connectivity index (χ2v) is 12.9. The molecule has 286 valence electrons. The lowest BCUT2D eigenvalue weighted by molar-refractivity contribution is -0.387. The first-order chi connectivity index (χ1) is 23.1. The fourth-order valence-corrected chi connectivity index (χ4v) is 6.27. The van der Waals surface area contributed by atoms with Crippen molar-refractivity contribution in [1.29, 1.82) is 0 Å². The molecule has 21 atom stereocenters. The van der Waals surface area contributed by atoms with E-state index in [1.807, 2.05) is 0 Å². The minimum atomic E-state index is -2.11. The minimum Gasteiger partial charge on any atom is -0.393 e. The molecule has 0 aliphatic carbocycles. The Labute approximate surface area is 279 Å². The zero-order valence-electron chi connectivity index (χ0n) is 26.9. The molecule has 0 spiro atoms. The SMILES string of the molecule is CO[C@@H]1OC[C@H](O)[C@H](O)[C@H]1O[C@@H]1O[C@@H](C)[C@H](O[C@@H]2OC[C@@H](O)[C@H](O[C@@H]3O[C@@H](C)[C@H](O)[C@@H](O)[C@H]3O)[C@H]2O)[C@@H](O[C@@H]2OC[C@](O)(CO)[C@H]2O)[C@H]1O. The summed E-state index contributed by atoms with van der Waals surface area (Å²) >= 11 is 0. The quantitative estimate of drug-likeness (QED) is 0.0998. The van der Waals surface area contributed by atoms with Gasteiger partial charge >= 0.3 is 0 Å². The van der Waals surface area contributed by atoms with E-state index in [1.165, 1.54) is 21.0 Å². The number of hydrogen-bond donors (Lipinski definition) is 11. The summed E-state index contributed by atoms with van der Waals surface area (Å²) in [7, 11) is 1.26. The van der Waals surface area contributed by atoms with E-state index in [2.05, 4.69) is 0 Å². The number of ether oxygens (including phenoxy) is 10. The maximum Gasteiger partial charge on any atom is 0.187 e. The Morgan fingerprint density at radius 1 is 0.551 bits per heavy atom. The highest BCUT2D eigenvalue weighted by molar-refractivity contribution is 4.98. The van der Waals surface area contributed by atoms with Gasteiger partial charge in [0, 0.05) is 7.11 Å². The van der Waals surface area contributed by atoms with Crippen LogP contribution in [0.2, 0.25) is 0 Å². The molecule has 11 N–H and O–H groups in total. The summed E-state index contributed by atoms with van der Waals surface area (Å²) in [6, 6.07) is 0. The summed E-state index contributed by atoms with van der Waals surface area (Å²) in [6.45, 7) is 0.673. The Balaban J connectivity index is 1.35. The van der Waals surface area contributed by atoms with Gasteiger partial charge in [0.25, 0.3) is 0 Å². The molecule has 0 aromatic rings. The van der Waals surface area contributed by atoms with E-state index in [4.69, 9.17) is 47.4 Å². The van der Waals surface area contributed by atoms with Crippen molar-refractivity contribution in [3.8, 4) is 0 Å². The zero-order chi connectivity index (χ0) is 35.9. The van der Waals surface area contributed by atoms with Crippen LogP contribution in [0, 0.1) is 0 Å². The minimum absolute atomic E-state index is 0.271. The lowest BCUT2D eigenvalue weighted by Gasteiger charge is -2.48. The predicted molar refractivity (Wildman–Crippen MR) is 150 cm³/mol. The molecule has 0 aromatic heterocycles. The topological polar surface area (TPSA) is 315 Å². The van der Waals surface area contributed by atoms with Gasteiger partial charge in [-0.25, -0.2) is 0 Å². The molecule has 0 bridgehead atoms. The first-order valence-corrected chi connectivity index (χ1v) is 15.9. The zero-order valence-corrected chi connectivity index (χ0v) is 26.9. The Hall–Kier alpha value is -0.840. The number of aliphatic hydroxyl groups is 11. The highest BCUT2D eigenvalue weighted by Crippen LogP contribution is 2.36. The molecule has 0 unspecified atom stereocenters. The highest BCUT2D eigenvalue weighted by atomic mass is 16.8. The standard InChI is InChI=1S/C28H48O21/c1-8-12(32)14(34)15(35)24(44-8)47-19-11(31)5-41-23(16(19)36)46-18-9(2)45-25(49-21-13(33)10(30)4-42-26(21)40-3)17(37)20(18)48-27-22(38)28(39,6-29)7-43-27/h8-27,29-39H,4-7H2,1-3H3/t8-,9-,10-,11+,12-,13-,14+,15+,16+,17+,18-,19-,20-,21+,22-,23-,24-,25-,26+,27-,28+/m0/s1. The second kappa shape index (κ2) is 16.0. The van der Waals surface area contributed by atoms with Crippen LogP contribution in [-0.4, -0.2) is 218 Å². The van der Waals surface area contributed by atoms with Gasteiger partial charge < -0.3 is 104 Å². The summed E-state index contributed by atoms with van der Waals surface area (Å²) in [5.74, 6) is 0. The Morgan fingerprint density at radius 3 is 1.76 bits per heavy atom. The van der Waals surface area contributed by atoms with Crippen molar-refractivity contribution in [2.75, 3.05) is 33.5 Å². The van der Waals surface area contributed by atoms with E-state index < -0.39 is 148 Å². The summed E-state index contributed by atoms with van der Waals surface area (Å²) in [5, 5.41) is 115. The number of hydrogen-bond acceptors (Lipinski definition) is 21. The lowest BCUT2D eigenvalue weighted by Crippen LogP contribution is -2.66. The van der Waals surface area contributed by atoms with E-state index in [9.17, 15) is 56.2 Å². The summed E-state index contributed by atoms with van der Waals surface area (Å²) < 4.78 is 56.1. The van der Waals surface area contributed by atoms with E-state index >= 15 is 0 Å². The predicted octanol–water partition coefficient (Wildman–Crippen LogP) is -7.30. The van der Waals surface area contributed by atoms with E-state index in [0.29, 0.717) is 0 Å². The second-order valence-electron chi connectivity index (χ2n) is 12.9. The van der Waals surface area contributed by atoms with Crippen molar-refractivity contribution in [2.45, 2.75) is 142 Å². The maximum atomic E-state index is 11.5. The van der Waals surface area contributed by atoms with E-state index in [-0.39, 0.29) is 6.61 Å². The van der Waals surface area contributed by atoms with Crippen molar-refractivity contribution in [2.24, 2.45) is 0 Å². The molecule has 49 heavy (non-hydrogen) atoms. The van der Waals surface area contributed by atoms with Crippen LogP contribution in [0.4, 0.5) is 0 Å². The third-order valence-electron chi connectivity index (χ3n) is 9.39. The van der Waals surface area contributed by atoms with Gasteiger partial charge in [-0.2, -0.15) is 0 Å². The molecule has 5 heterocycles. The molecule has 0 amide bonds. The van der Waals surface area contributed by atoms with Crippen molar-refractivity contribution >= 4 is 0 Å². The fraction of sp³-hybridized carbons (Fsp3) is 1.00. The summed E-state index contributed by atoms with van der Waals surface area (Å²) in [5.41, 5.74) is -2.11. The van der Waals surface area contributed by atoms with Crippen molar-refractivity contribution in [1.82, 2.24) is 0 Å². The van der Waals surface area contributed by atoms with Crippen LogP contribution in [0.1, 0.15) is 13.8 Å². The van der Waals surface area contributed by atoms with Crippen LogP contribution in [-0.2, 0) is 47.4 Å². The largest absolute Gasteiger partial charge is 0.393 e. The number of aliphatic hydroxyl groups excluding tert-OH is 10. The third kappa shape index (κ3) is 7.93. The van der Waals surface area contributed by atoms with Gasteiger partial charge in [0.05, 0.1) is 38.6 Å². The van der Waals surface area contributed by atoms with Gasteiger partial charge in [-0.05, 0) is 13.8 Å². The number of rotatable bonds is 10. The molecule has 0 aromatic carbocycles. The van der Waals surface area contributed by atoms with Crippen LogP contribution in [0.3, 0.4) is 0 Å². The van der Waals surface area contributed by atoms with Crippen molar-refractivity contribution < 1.29 is 104 Å². The monoisotopic (exact) mass is 720 g/mol. The lowest BCUT2D eigenvalue weighted by atomic mass is 9.97. The molecule has 0 radical (unpaired) electrons. The van der Waals surface area contributed by atoms with Crippen molar-refractivity contribution in [3.63, 3.8) is 0 Å². The Morgan fingerprint density at radius 2 is 1.10 bits per heavy atom. The summed E-state index contributed by atoms with van der Waals surface area (Å²) in [6.07, 6.45) is -30.5. The van der Waals surface area contributed by atoms with Gasteiger partial charge in [0.1, 0.15) is 85.0 Å². The summed E-state index contributed by atoms with van der Waals surface area (Å²) in [4.78, 5) is 0. The molecular formula is C28H48O21. The first-order valence-electron chi connectivity index (χ1n) is 15.9. The van der Waals surface area contributed by atoms with Crippen LogP contribution in [0.5, 0.6) is 0 Å². The van der Waals surface area contributed by atoms with Crippen LogP contribution in [0.15, 0.2) is 0 Å². The Kier molecular flexibility index (Phi) is 12.9. The normalized spacial score (nSPS) is 54.2. The maximum absolute atomic E-state index is 11.5. The van der Waals surface area contributed by atoms with Gasteiger partial charge in [0.15, 0.2) is 31.5 Å². The smallest absolute Gasteiger partial charge is 0.187 e. The van der Waals surface area contributed by atoms with Crippen LogP contribution >= 0.6 is 0 Å². The molecule has 5 rings (SSSR count). The average Bonchev–Trinajstić information content (AvgIpc) is 3.36. The average molecular weight is 721 g/mol. The third-order valence-corrected chi connectivity index (χ3v) is 9.39. The molecular weight excluding hydrogens is 672 g/mol. The van der Waals surface area contributed by atoms with Crippen molar-refractivity contribution in [3.05, 3.63) is 0 Å². The highest BCUT2D eigenvalue weighted by Gasteiger charge is 2.56. The first kappa shape index (κ1) is 39.4. The molecule has 5 aliphatic heterocycles. The Bertz CT molecular complexity index is 1060. The molecule has 21 nitrogen and oxygen atoms in total. The van der Waals surface area contributed by atoms with Gasteiger partial charge in [-0.15, -0.1) is 0 Å². The van der Waals surface area contributed by atoms with Gasteiger partial charge in [0.2, 0.25) is 0 Å².